The van der Waals surface area contributed by atoms with Gasteiger partial charge in [0.15, 0.2) is 0 Å². The summed E-state index contributed by atoms with van der Waals surface area (Å²) in [6, 6.07) is 18.3. The maximum atomic E-state index is 13.4. The van der Waals surface area contributed by atoms with E-state index in [2.05, 4.69) is 36.5 Å². The largest absolute Gasteiger partial charge is 0.352 e. The number of carbonyl (C=O) groups excluding carboxylic acids is 2. The summed E-state index contributed by atoms with van der Waals surface area (Å²) in [6.45, 7) is 4.67. The lowest BCUT2D eigenvalue weighted by Gasteiger charge is -2.32. The number of benzene rings is 2. The summed E-state index contributed by atoms with van der Waals surface area (Å²) in [5.41, 5.74) is 3.69. The standard InChI is InChI=1S/C28H38N2O2S/c1-3-26(28(32)29-25-16-8-5-9-17-25)30(19-18-23-13-6-4-7-14-23)27(31)21-33-20-24-15-11-10-12-22(24)2/h4,6-7,10-15,25-26H,3,5,8-9,16-21H2,1-2H3,(H,29,32)/t26-/m0/s1. The molecule has 4 nitrogen and oxygen atoms in total. The first kappa shape index (κ1) is 25.4. The zero-order valence-corrected chi connectivity index (χ0v) is 20.9. The topological polar surface area (TPSA) is 49.4 Å². The Morgan fingerprint density at radius 3 is 2.42 bits per heavy atom. The summed E-state index contributed by atoms with van der Waals surface area (Å²) in [5.74, 6) is 1.25. The molecule has 0 heterocycles. The van der Waals surface area contributed by atoms with E-state index in [9.17, 15) is 9.59 Å². The summed E-state index contributed by atoms with van der Waals surface area (Å²) < 4.78 is 0. The highest BCUT2D eigenvalue weighted by Crippen LogP contribution is 2.20. The van der Waals surface area contributed by atoms with Crippen LogP contribution in [0, 0.1) is 6.92 Å². The molecule has 2 aromatic carbocycles. The summed E-state index contributed by atoms with van der Waals surface area (Å²) in [6.07, 6.45) is 7.08. The number of aryl methyl sites for hydroxylation is 1. The van der Waals surface area contributed by atoms with Crippen LogP contribution in [0.25, 0.3) is 0 Å². The average Bonchev–Trinajstić information content (AvgIpc) is 2.84. The number of rotatable bonds is 11. The van der Waals surface area contributed by atoms with Crippen LogP contribution < -0.4 is 5.32 Å². The molecule has 33 heavy (non-hydrogen) atoms. The normalized spacial score (nSPS) is 15.1. The molecule has 2 aromatic rings. The van der Waals surface area contributed by atoms with Gasteiger partial charge in [0.2, 0.25) is 11.8 Å². The fourth-order valence-corrected chi connectivity index (χ4v) is 5.53. The lowest BCUT2D eigenvalue weighted by Crippen LogP contribution is -2.52. The smallest absolute Gasteiger partial charge is 0.243 e. The molecular formula is C28H38N2O2S. The lowest BCUT2D eigenvalue weighted by molar-refractivity contribution is -0.139. The van der Waals surface area contributed by atoms with Crippen LogP contribution in [-0.4, -0.2) is 41.1 Å². The predicted octanol–water partition coefficient (Wildman–Crippen LogP) is 5.53. The third-order valence-electron chi connectivity index (χ3n) is 6.57. The zero-order valence-electron chi connectivity index (χ0n) is 20.1. The first-order valence-corrected chi connectivity index (χ1v) is 13.5. The first-order valence-electron chi connectivity index (χ1n) is 12.3. The van der Waals surface area contributed by atoms with Gasteiger partial charge in [0.05, 0.1) is 5.75 Å². The number of carbonyl (C=O) groups is 2. The molecule has 1 aliphatic rings. The monoisotopic (exact) mass is 466 g/mol. The van der Waals surface area contributed by atoms with Gasteiger partial charge in [-0.1, -0.05) is 80.8 Å². The SMILES string of the molecule is CC[C@@H](C(=O)NC1CCCCC1)N(CCc1ccccc1)C(=O)CSCc1ccccc1C. The van der Waals surface area contributed by atoms with Gasteiger partial charge in [-0.05, 0) is 49.3 Å². The van der Waals surface area contributed by atoms with E-state index in [0.29, 0.717) is 18.7 Å². The molecule has 178 valence electrons. The number of nitrogens with zero attached hydrogens (tertiary/aromatic N) is 1. The Morgan fingerprint density at radius 2 is 1.73 bits per heavy atom. The molecule has 0 radical (unpaired) electrons. The summed E-state index contributed by atoms with van der Waals surface area (Å²) >= 11 is 1.63. The van der Waals surface area contributed by atoms with E-state index in [-0.39, 0.29) is 17.9 Å². The van der Waals surface area contributed by atoms with Gasteiger partial charge in [0, 0.05) is 18.3 Å². The first-order chi connectivity index (χ1) is 16.1. The minimum Gasteiger partial charge on any atom is -0.352 e. The van der Waals surface area contributed by atoms with Crippen LogP contribution in [0.3, 0.4) is 0 Å². The molecule has 1 N–H and O–H groups in total. The van der Waals surface area contributed by atoms with Crippen molar-refractivity contribution in [3.63, 3.8) is 0 Å². The van der Waals surface area contributed by atoms with E-state index in [1.165, 1.54) is 36.0 Å². The Morgan fingerprint density at radius 1 is 1.03 bits per heavy atom. The average molecular weight is 467 g/mol. The van der Waals surface area contributed by atoms with E-state index < -0.39 is 6.04 Å². The molecule has 1 saturated carbocycles. The molecule has 1 fully saturated rings. The van der Waals surface area contributed by atoms with Crippen LogP contribution in [-0.2, 0) is 21.8 Å². The third kappa shape index (κ3) is 7.92. The summed E-state index contributed by atoms with van der Waals surface area (Å²) in [7, 11) is 0. The third-order valence-corrected chi connectivity index (χ3v) is 7.53. The molecule has 0 aliphatic heterocycles. The number of hydrogen-bond acceptors (Lipinski definition) is 3. The predicted molar refractivity (Wildman–Crippen MR) is 138 cm³/mol. The van der Waals surface area contributed by atoms with Crippen molar-refractivity contribution in [3.8, 4) is 0 Å². The van der Waals surface area contributed by atoms with Gasteiger partial charge in [-0.2, -0.15) is 0 Å². The fraction of sp³-hybridized carbons (Fsp3) is 0.500. The molecule has 5 heteroatoms. The summed E-state index contributed by atoms with van der Waals surface area (Å²) in [5, 5.41) is 3.25. The van der Waals surface area contributed by atoms with Gasteiger partial charge in [-0.15, -0.1) is 11.8 Å². The van der Waals surface area contributed by atoms with Gasteiger partial charge in [-0.3, -0.25) is 9.59 Å². The van der Waals surface area contributed by atoms with Crippen LogP contribution in [0.2, 0.25) is 0 Å². The van der Waals surface area contributed by atoms with Gasteiger partial charge >= 0.3 is 0 Å². The quantitative estimate of drug-likeness (QED) is 0.474. The van der Waals surface area contributed by atoms with E-state index in [0.717, 1.165) is 25.0 Å². The molecule has 2 amide bonds. The van der Waals surface area contributed by atoms with Crippen LogP contribution in [0.1, 0.15) is 62.1 Å². The van der Waals surface area contributed by atoms with Crippen molar-refractivity contribution < 1.29 is 9.59 Å². The Kier molecular flexibility index (Phi) is 10.3. The maximum Gasteiger partial charge on any atom is 0.243 e. The van der Waals surface area contributed by atoms with Crippen molar-refractivity contribution in [2.75, 3.05) is 12.3 Å². The molecule has 0 saturated heterocycles. The van der Waals surface area contributed by atoms with Crippen LogP contribution in [0.5, 0.6) is 0 Å². The van der Waals surface area contributed by atoms with Crippen LogP contribution in [0.4, 0.5) is 0 Å². The Hall–Kier alpha value is -2.27. The Balaban J connectivity index is 1.65. The van der Waals surface area contributed by atoms with Crippen molar-refractivity contribution in [3.05, 3.63) is 71.3 Å². The maximum absolute atomic E-state index is 13.4. The van der Waals surface area contributed by atoms with Gasteiger partial charge in [0.1, 0.15) is 6.04 Å². The zero-order chi connectivity index (χ0) is 23.5. The second kappa shape index (κ2) is 13.4. The highest BCUT2D eigenvalue weighted by molar-refractivity contribution is 7.99. The minimum atomic E-state index is -0.415. The summed E-state index contributed by atoms with van der Waals surface area (Å²) in [4.78, 5) is 28.4. The van der Waals surface area contributed by atoms with Crippen molar-refractivity contribution in [2.24, 2.45) is 0 Å². The molecule has 0 unspecified atom stereocenters. The van der Waals surface area contributed by atoms with Gasteiger partial charge < -0.3 is 10.2 Å². The van der Waals surface area contributed by atoms with E-state index in [1.807, 2.05) is 42.2 Å². The molecule has 0 spiro atoms. The Bertz CT molecular complexity index is 880. The highest BCUT2D eigenvalue weighted by atomic mass is 32.2. The molecule has 3 rings (SSSR count). The number of nitrogens with one attached hydrogen (secondary N) is 1. The van der Waals surface area contributed by atoms with E-state index in [1.54, 1.807) is 11.8 Å². The molecule has 0 aromatic heterocycles. The minimum absolute atomic E-state index is 0.00900. The number of amides is 2. The van der Waals surface area contributed by atoms with Gasteiger partial charge in [-0.25, -0.2) is 0 Å². The second-order valence-corrected chi connectivity index (χ2v) is 10.00. The molecular weight excluding hydrogens is 428 g/mol. The van der Waals surface area contributed by atoms with E-state index >= 15 is 0 Å². The van der Waals surface area contributed by atoms with Crippen molar-refractivity contribution in [1.29, 1.82) is 0 Å². The van der Waals surface area contributed by atoms with Crippen molar-refractivity contribution in [1.82, 2.24) is 10.2 Å². The van der Waals surface area contributed by atoms with Crippen LogP contribution >= 0.6 is 11.8 Å². The second-order valence-electron chi connectivity index (χ2n) is 9.01. The van der Waals surface area contributed by atoms with Crippen molar-refractivity contribution in [2.45, 2.75) is 76.6 Å². The van der Waals surface area contributed by atoms with E-state index in [4.69, 9.17) is 0 Å². The molecule has 0 bridgehead atoms. The fourth-order valence-electron chi connectivity index (χ4n) is 4.54. The number of thioether (sulfide) groups is 1. The lowest BCUT2D eigenvalue weighted by atomic mass is 9.95. The Labute approximate surface area is 203 Å². The van der Waals surface area contributed by atoms with Gasteiger partial charge in [0.25, 0.3) is 0 Å². The highest BCUT2D eigenvalue weighted by Gasteiger charge is 2.29. The number of hydrogen-bond donors (Lipinski definition) is 1. The molecule has 1 aliphatic carbocycles. The van der Waals surface area contributed by atoms with Crippen LogP contribution in [0.15, 0.2) is 54.6 Å². The molecule has 1 atom stereocenters. The van der Waals surface area contributed by atoms with Crippen molar-refractivity contribution >= 4 is 23.6 Å².